The van der Waals surface area contributed by atoms with Gasteiger partial charge < -0.3 is 20.1 Å². The highest BCUT2D eigenvalue weighted by Crippen LogP contribution is 2.27. The second-order valence-electron chi connectivity index (χ2n) is 5.69. The number of rotatable bonds is 7. The van der Waals surface area contributed by atoms with Crippen LogP contribution in [0.15, 0.2) is 77.3 Å². The minimum atomic E-state index is -0.219. The lowest BCUT2D eigenvalue weighted by atomic mass is 10.2. The van der Waals surface area contributed by atoms with Gasteiger partial charge in [-0.2, -0.15) is 0 Å². The summed E-state index contributed by atoms with van der Waals surface area (Å²) in [4.78, 5) is 12.0. The fourth-order valence-electron chi connectivity index (χ4n) is 2.42. The van der Waals surface area contributed by atoms with Gasteiger partial charge in [-0.15, -0.1) is 0 Å². The monoisotopic (exact) mass is 426 g/mol. The molecule has 0 fully saturated rings. The van der Waals surface area contributed by atoms with E-state index in [0.717, 1.165) is 21.6 Å². The van der Waals surface area contributed by atoms with Gasteiger partial charge in [-0.1, -0.05) is 28.1 Å². The van der Waals surface area contributed by atoms with Crippen LogP contribution in [0, 0.1) is 0 Å². The first-order valence-electron chi connectivity index (χ1n) is 8.32. The first kappa shape index (κ1) is 18.8. The number of carbonyl (C=O) groups is 1. The summed E-state index contributed by atoms with van der Waals surface area (Å²) in [5, 5.41) is 6.10. The van der Waals surface area contributed by atoms with Crippen molar-refractivity contribution in [2.75, 3.05) is 24.4 Å². The zero-order chi connectivity index (χ0) is 19.1. The van der Waals surface area contributed by atoms with Crippen molar-refractivity contribution in [2.45, 2.75) is 0 Å². The van der Waals surface area contributed by atoms with Crippen molar-refractivity contribution in [3.8, 4) is 11.5 Å². The summed E-state index contributed by atoms with van der Waals surface area (Å²) in [7, 11) is 1.63. The minimum Gasteiger partial charge on any atom is -0.495 e. The third kappa shape index (κ3) is 5.49. The smallest absolute Gasteiger partial charge is 0.262 e. The van der Waals surface area contributed by atoms with Gasteiger partial charge in [0.05, 0.1) is 12.8 Å². The molecule has 3 aromatic rings. The van der Waals surface area contributed by atoms with Crippen molar-refractivity contribution in [3.05, 3.63) is 77.3 Å². The Kier molecular flexibility index (Phi) is 6.33. The summed E-state index contributed by atoms with van der Waals surface area (Å²) in [6.45, 7) is -0.0527. The number of carbonyl (C=O) groups excluding carboxylic acids is 1. The van der Waals surface area contributed by atoms with Crippen LogP contribution in [-0.2, 0) is 4.79 Å². The van der Waals surface area contributed by atoms with Crippen LogP contribution in [0.2, 0.25) is 0 Å². The molecule has 0 atom stereocenters. The number of methoxy groups -OCH3 is 1. The summed E-state index contributed by atoms with van der Waals surface area (Å²) in [6, 6.07) is 22.4. The molecule has 0 aliphatic rings. The van der Waals surface area contributed by atoms with Crippen molar-refractivity contribution >= 4 is 38.9 Å². The van der Waals surface area contributed by atoms with Crippen LogP contribution in [0.25, 0.3) is 0 Å². The SMILES string of the molecule is COc1ccccc1Nc1ccc(NC(=O)COc2ccc(Br)cc2)cc1. The molecule has 2 N–H and O–H groups in total. The highest BCUT2D eigenvalue weighted by Gasteiger charge is 2.05. The zero-order valence-corrected chi connectivity index (χ0v) is 16.3. The molecular weight excluding hydrogens is 408 g/mol. The van der Waals surface area contributed by atoms with Crippen molar-refractivity contribution in [3.63, 3.8) is 0 Å². The fourth-order valence-corrected chi connectivity index (χ4v) is 2.68. The highest BCUT2D eigenvalue weighted by atomic mass is 79.9. The van der Waals surface area contributed by atoms with E-state index in [9.17, 15) is 4.79 Å². The summed E-state index contributed by atoms with van der Waals surface area (Å²) < 4.78 is 11.8. The van der Waals surface area contributed by atoms with Gasteiger partial charge in [0.25, 0.3) is 5.91 Å². The quantitative estimate of drug-likeness (QED) is 0.543. The number of hydrogen-bond donors (Lipinski definition) is 2. The lowest BCUT2D eigenvalue weighted by Crippen LogP contribution is -2.20. The molecule has 0 heterocycles. The maximum absolute atomic E-state index is 12.0. The van der Waals surface area contributed by atoms with Gasteiger partial charge in [0.1, 0.15) is 11.5 Å². The van der Waals surface area contributed by atoms with E-state index >= 15 is 0 Å². The molecular formula is C21H19BrN2O3. The normalized spacial score (nSPS) is 10.1. The molecule has 1 amide bonds. The number of anilines is 3. The Morgan fingerprint density at radius 1 is 0.926 bits per heavy atom. The van der Waals surface area contributed by atoms with Crippen molar-refractivity contribution in [2.24, 2.45) is 0 Å². The molecule has 0 aromatic heterocycles. The van der Waals surface area contributed by atoms with E-state index < -0.39 is 0 Å². The Hall–Kier alpha value is -2.99. The van der Waals surface area contributed by atoms with Gasteiger partial charge in [0.2, 0.25) is 0 Å². The molecule has 0 unspecified atom stereocenters. The van der Waals surface area contributed by atoms with Gasteiger partial charge in [-0.25, -0.2) is 0 Å². The molecule has 3 aromatic carbocycles. The molecule has 0 bridgehead atoms. The second kappa shape index (κ2) is 9.09. The number of amides is 1. The largest absolute Gasteiger partial charge is 0.495 e. The average Bonchev–Trinajstić information content (AvgIpc) is 2.69. The van der Waals surface area contributed by atoms with Crippen molar-refractivity contribution in [1.29, 1.82) is 0 Å². The van der Waals surface area contributed by atoms with Crippen LogP contribution in [-0.4, -0.2) is 19.6 Å². The van der Waals surface area contributed by atoms with E-state index in [4.69, 9.17) is 9.47 Å². The summed E-state index contributed by atoms with van der Waals surface area (Å²) in [6.07, 6.45) is 0. The minimum absolute atomic E-state index is 0.0527. The number of hydrogen-bond acceptors (Lipinski definition) is 4. The van der Waals surface area contributed by atoms with Gasteiger partial charge in [0.15, 0.2) is 6.61 Å². The number of halogens is 1. The first-order chi connectivity index (χ1) is 13.1. The third-order valence-electron chi connectivity index (χ3n) is 3.74. The summed E-state index contributed by atoms with van der Waals surface area (Å²) in [5.41, 5.74) is 2.47. The molecule has 0 aliphatic carbocycles. The molecule has 6 heteroatoms. The predicted molar refractivity (Wildman–Crippen MR) is 111 cm³/mol. The number of ether oxygens (including phenoxy) is 2. The van der Waals surface area contributed by atoms with E-state index in [2.05, 4.69) is 26.6 Å². The second-order valence-corrected chi connectivity index (χ2v) is 6.61. The van der Waals surface area contributed by atoms with Gasteiger partial charge in [-0.3, -0.25) is 4.79 Å². The molecule has 0 aliphatic heterocycles. The van der Waals surface area contributed by atoms with E-state index in [0.29, 0.717) is 11.4 Å². The van der Waals surface area contributed by atoms with Crippen LogP contribution >= 0.6 is 15.9 Å². The maximum atomic E-state index is 12.0. The molecule has 27 heavy (non-hydrogen) atoms. The maximum Gasteiger partial charge on any atom is 0.262 e. The van der Waals surface area contributed by atoms with E-state index in [1.165, 1.54) is 0 Å². The molecule has 0 saturated heterocycles. The van der Waals surface area contributed by atoms with Crippen LogP contribution < -0.4 is 20.1 Å². The van der Waals surface area contributed by atoms with Crippen molar-refractivity contribution < 1.29 is 14.3 Å². The van der Waals surface area contributed by atoms with E-state index in [1.807, 2.05) is 60.7 Å². The van der Waals surface area contributed by atoms with E-state index in [1.54, 1.807) is 19.2 Å². The lowest BCUT2D eigenvalue weighted by molar-refractivity contribution is -0.118. The third-order valence-corrected chi connectivity index (χ3v) is 4.27. The standard InChI is InChI=1S/C21H19BrN2O3/c1-26-20-5-3-2-4-19(20)23-16-8-10-17(11-9-16)24-21(25)14-27-18-12-6-15(22)7-13-18/h2-13,23H,14H2,1H3,(H,24,25). The van der Waals surface area contributed by atoms with Gasteiger partial charge in [-0.05, 0) is 60.7 Å². The van der Waals surface area contributed by atoms with Crippen LogP contribution in [0.4, 0.5) is 17.1 Å². The van der Waals surface area contributed by atoms with Crippen LogP contribution in [0.5, 0.6) is 11.5 Å². The Morgan fingerprint density at radius 3 is 2.30 bits per heavy atom. The highest BCUT2D eigenvalue weighted by molar-refractivity contribution is 9.10. The average molecular weight is 427 g/mol. The fraction of sp³-hybridized carbons (Fsp3) is 0.0952. The van der Waals surface area contributed by atoms with E-state index in [-0.39, 0.29) is 12.5 Å². The Bertz CT molecular complexity index is 896. The Labute approximate surface area is 166 Å². The summed E-state index contributed by atoms with van der Waals surface area (Å²) in [5.74, 6) is 1.19. The molecule has 5 nitrogen and oxygen atoms in total. The molecule has 3 rings (SSSR count). The van der Waals surface area contributed by atoms with Crippen molar-refractivity contribution in [1.82, 2.24) is 0 Å². The number of para-hydroxylation sites is 2. The lowest BCUT2D eigenvalue weighted by Gasteiger charge is -2.12. The topological polar surface area (TPSA) is 59.6 Å². The molecule has 0 radical (unpaired) electrons. The zero-order valence-electron chi connectivity index (χ0n) is 14.7. The Balaban J connectivity index is 1.54. The first-order valence-corrected chi connectivity index (χ1v) is 9.11. The predicted octanol–water partition coefficient (Wildman–Crippen LogP) is 5.22. The molecule has 0 saturated carbocycles. The Morgan fingerprint density at radius 2 is 1.59 bits per heavy atom. The van der Waals surface area contributed by atoms with Gasteiger partial charge in [0, 0.05) is 15.8 Å². The number of nitrogens with one attached hydrogen (secondary N) is 2. The molecule has 0 spiro atoms. The van der Waals surface area contributed by atoms with Crippen LogP contribution in [0.3, 0.4) is 0 Å². The molecule has 138 valence electrons. The van der Waals surface area contributed by atoms with Gasteiger partial charge >= 0.3 is 0 Å². The van der Waals surface area contributed by atoms with Crippen LogP contribution in [0.1, 0.15) is 0 Å². The summed E-state index contributed by atoms with van der Waals surface area (Å²) >= 11 is 3.36. The number of benzene rings is 3.